The number of aliphatic carboxylic acids is 1. The molecule has 4 amide bonds. The Kier molecular flexibility index (Phi) is 15.6. The molecule has 1 saturated carbocycles. The third-order valence-corrected chi connectivity index (χ3v) is 7.83. The van der Waals surface area contributed by atoms with Crippen LogP contribution in [0.15, 0.2) is 0 Å². The average Bonchev–Trinajstić information content (AvgIpc) is 3.34. The highest BCUT2D eigenvalue weighted by molar-refractivity contribution is 7.98. The van der Waals surface area contributed by atoms with E-state index in [0.717, 1.165) is 0 Å². The normalized spacial score (nSPS) is 20.8. The Morgan fingerprint density at radius 1 is 0.850 bits per heavy atom. The fourth-order valence-electron chi connectivity index (χ4n) is 5.20. The number of aliphatic hydroxyl groups excluding tert-OH is 1. The van der Waals surface area contributed by atoms with E-state index in [-0.39, 0.29) is 17.7 Å². The van der Waals surface area contributed by atoms with Gasteiger partial charge in [0.05, 0.1) is 12.1 Å². The van der Waals surface area contributed by atoms with Gasteiger partial charge in [-0.15, -0.1) is 0 Å². The van der Waals surface area contributed by atoms with Crippen LogP contribution in [0.1, 0.15) is 80.1 Å². The minimum atomic E-state index is -1.14. The van der Waals surface area contributed by atoms with Gasteiger partial charge in [0.25, 0.3) is 0 Å². The van der Waals surface area contributed by atoms with Crippen molar-refractivity contribution in [1.82, 2.24) is 21.3 Å². The van der Waals surface area contributed by atoms with Crippen molar-refractivity contribution in [3.63, 3.8) is 0 Å². The highest BCUT2D eigenvalue weighted by atomic mass is 32.2. The van der Waals surface area contributed by atoms with Gasteiger partial charge in [0.15, 0.2) is 0 Å². The molecule has 7 atom stereocenters. The minimum Gasteiger partial charge on any atom is -0.480 e. The third-order valence-electron chi connectivity index (χ3n) is 7.18. The Morgan fingerprint density at radius 2 is 1.45 bits per heavy atom. The number of carbonyl (C=O) groups excluding carboxylic acids is 4. The molecule has 0 aliphatic heterocycles. The molecule has 40 heavy (non-hydrogen) atoms. The van der Waals surface area contributed by atoms with E-state index in [1.165, 1.54) is 25.6 Å². The summed E-state index contributed by atoms with van der Waals surface area (Å²) in [5.41, 5.74) is 0. The smallest absolute Gasteiger partial charge is 0.325 e. The van der Waals surface area contributed by atoms with E-state index in [0.29, 0.717) is 44.3 Å². The van der Waals surface area contributed by atoms with Crippen LogP contribution in [-0.4, -0.2) is 82.1 Å². The number of carboxylic acids is 1. The fraction of sp³-hybridized carbons (Fsp3) is 0.821. The first-order valence-electron chi connectivity index (χ1n) is 14.3. The number of aliphatic hydroxyl groups is 1. The van der Waals surface area contributed by atoms with Crippen molar-refractivity contribution in [3.05, 3.63) is 0 Å². The molecule has 1 aliphatic rings. The number of thioether (sulfide) groups is 1. The highest BCUT2D eigenvalue weighted by Crippen LogP contribution is 2.36. The van der Waals surface area contributed by atoms with Gasteiger partial charge in [-0.1, -0.05) is 34.1 Å². The number of nitrogens with one attached hydrogen (secondary N) is 4. The number of hydrogen-bond acceptors (Lipinski definition) is 7. The van der Waals surface area contributed by atoms with E-state index >= 15 is 0 Å². The van der Waals surface area contributed by atoms with E-state index in [1.54, 1.807) is 0 Å². The zero-order valence-corrected chi connectivity index (χ0v) is 25.8. The van der Waals surface area contributed by atoms with Crippen LogP contribution in [0, 0.1) is 23.7 Å². The molecule has 12 heteroatoms. The Bertz CT molecular complexity index is 870. The zero-order chi connectivity index (χ0) is 30.6. The number of carboxylic acid groups (broad SMARTS) is 1. The largest absolute Gasteiger partial charge is 0.480 e. The lowest BCUT2D eigenvalue weighted by Crippen LogP contribution is -2.57. The molecule has 0 aromatic heterocycles. The summed E-state index contributed by atoms with van der Waals surface area (Å²) >= 11 is 1.53. The molecule has 0 spiro atoms. The second-order valence-electron chi connectivity index (χ2n) is 11.7. The van der Waals surface area contributed by atoms with Crippen molar-refractivity contribution in [1.29, 1.82) is 0 Å². The second kappa shape index (κ2) is 17.5. The molecular weight excluding hydrogens is 536 g/mol. The van der Waals surface area contributed by atoms with Crippen LogP contribution in [-0.2, 0) is 24.0 Å². The summed E-state index contributed by atoms with van der Waals surface area (Å²) in [4.78, 5) is 62.4. The molecule has 11 nitrogen and oxygen atoms in total. The van der Waals surface area contributed by atoms with Crippen LogP contribution in [0.5, 0.6) is 0 Å². The van der Waals surface area contributed by atoms with E-state index in [1.807, 2.05) is 34.0 Å². The first-order valence-corrected chi connectivity index (χ1v) is 15.6. The van der Waals surface area contributed by atoms with Crippen molar-refractivity contribution in [2.24, 2.45) is 23.7 Å². The first kappa shape index (κ1) is 35.7. The number of amides is 4. The van der Waals surface area contributed by atoms with Gasteiger partial charge in [0.1, 0.15) is 18.1 Å². The summed E-state index contributed by atoms with van der Waals surface area (Å²) in [6, 6.07) is -3.36. The standard InChI is InChI=1S/C28H50N4O7S/c1-15(2)13-22(24(34)19-9-8-10-20(19)25(35)29-17(5)28(38)39)32-26(36)21(11-12-40-7)31-27(37)23(14-16(3)4)30-18(6)33/h15-17,19-24,34H,8-14H2,1-7H3,(H,29,35)(H,30,33)(H,31,37)(H,32,36)(H,38,39)/t17-,19+,20+,21-,22-,23-,24-/m0/s1. The predicted octanol–water partition coefficient (Wildman–Crippen LogP) is 1.67. The maximum atomic E-state index is 13.5. The molecule has 0 heterocycles. The lowest BCUT2D eigenvalue weighted by molar-refractivity contribution is -0.142. The van der Waals surface area contributed by atoms with Gasteiger partial charge < -0.3 is 31.5 Å². The summed E-state index contributed by atoms with van der Waals surface area (Å²) in [7, 11) is 0. The van der Waals surface area contributed by atoms with Crippen molar-refractivity contribution < 1.29 is 34.2 Å². The maximum absolute atomic E-state index is 13.5. The SMILES string of the molecule is CSCC[C@H](NC(=O)[C@H](CC(C)C)NC(C)=O)C(=O)N[C@@H](CC(C)C)[C@@H](O)[C@@H]1CCC[C@H]1C(=O)N[C@@H](C)C(=O)O. The quantitative estimate of drug-likeness (QED) is 0.149. The van der Waals surface area contributed by atoms with Crippen molar-refractivity contribution in [2.45, 2.75) is 110 Å². The molecule has 0 saturated heterocycles. The van der Waals surface area contributed by atoms with Crippen LogP contribution >= 0.6 is 11.8 Å². The molecule has 1 rings (SSSR count). The molecule has 1 aliphatic carbocycles. The van der Waals surface area contributed by atoms with Gasteiger partial charge in [-0.2, -0.15) is 11.8 Å². The van der Waals surface area contributed by atoms with Crippen LogP contribution in [0.2, 0.25) is 0 Å². The Balaban J connectivity index is 3.10. The zero-order valence-electron chi connectivity index (χ0n) is 25.0. The molecule has 1 fully saturated rings. The minimum absolute atomic E-state index is 0.120. The van der Waals surface area contributed by atoms with E-state index in [9.17, 15) is 29.1 Å². The average molecular weight is 587 g/mol. The van der Waals surface area contributed by atoms with Gasteiger partial charge >= 0.3 is 5.97 Å². The van der Waals surface area contributed by atoms with Gasteiger partial charge in [0.2, 0.25) is 23.6 Å². The molecular formula is C28H50N4O7S. The summed E-state index contributed by atoms with van der Waals surface area (Å²) in [5, 5.41) is 31.6. The molecule has 0 aromatic rings. The summed E-state index contributed by atoms with van der Waals surface area (Å²) in [6.07, 6.45) is 3.90. The van der Waals surface area contributed by atoms with Crippen LogP contribution in [0.4, 0.5) is 0 Å². The lowest BCUT2D eigenvalue weighted by Gasteiger charge is -2.33. The Hall–Kier alpha value is -2.34. The molecule has 230 valence electrons. The molecule has 0 bridgehead atoms. The van der Waals surface area contributed by atoms with Crippen molar-refractivity contribution in [2.75, 3.05) is 12.0 Å². The monoisotopic (exact) mass is 586 g/mol. The lowest BCUT2D eigenvalue weighted by atomic mass is 9.83. The van der Waals surface area contributed by atoms with Gasteiger partial charge in [-0.05, 0) is 68.8 Å². The summed E-state index contributed by atoms with van der Waals surface area (Å²) in [6.45, 7) is 10.6. The van der Waals surface area contributed by atoms with Crippen LogP contribution in [0.25, 0.3) is 0 Å². The number of rotatable bonds is 17. The number of hydrogen-bond donors (Lipinski definition) is 6. The number of carbonyl (C=O) groups is 5. The van der Waals surface area contributed by atoms with Crippen molar-refractivity contribution >= 4 is 41.4 Å². The maximum Gasteiger partial charge on any atom is 0.325 e. The third kappa shape index (κ3) is 12.0. The highest BCUT2D eigenvalue weighted by Gasteiger charge is 2.42. The summed E-state index contributed by atoms with van der Waals surface area (Å²) < 4.78 is 0. The fourth-order valence-corrected chi connectivity index (χ4v) is 5.68. The van der Waals surface area contributed by atoms with Gasteiger partial charge in [-0.3, -0.25) is 24.0 Å². The van der Waals surface area contributed by atoms with Crippen molar-refractivity contribution in [3.8, 4) is 0 Å². The Labute approximate surface area is 242 Å². The van der Waals surface area contributed by atoms with Crippen LogP contribution in [0.3, 0.4) is 0 Å². The predicted molar refractivity (Wildman–Crippen MR) is 155 cm³/mol. The summed E-state index contributed by atoms with van der Waals surface area (Å²) in [5.74, 6) is -2.90. The van der Waals surface area contributed by atoms with Crippen LogP contribution < -0.4 is 21.3 Å². The first-order chi connectivity index (χ1) is 18.7. The van der Waals surface area contributed by atoms with Gasteiger partial charge in [-0.25, -0.2) is 0 Å². The molecule has 0 radical (unpaired) electrons. The van der Waals surface area contributed by atoms with Gasteiger partial charge in [0, 0.05) is 12.8 Å². The topological polar surface area (TPSA) is 174 Å². The van der Waals surface area contributed by atoms with E-state index < -0.39 is 65.8 Å². The second-order valence-corrected chi connectivity index (χ2v) is 12.7. The molecule has 0 unspecified atom stereocenters. The molecule has 6 N–H and O–H groups in total. The van der Waals surface area contributed by atoms with E-state index in [2.05, 4.69) is 21.3 Å². The van der Waals surface area contributed by atoms with E-state index in [4.69, 9.17) is 5.11 Å². The Morgan fingerprint density at radius 3 is 1.98 bits per heavy atom. The molecule has 0 aromatic carbocycles.